The van der Waals surface area contributed by atoms with E-state index in [1.807, 2.05) is 24.3 Å². The lowest BCUT2D eigenvalue weighted by atomic mass is 10.3. The summed E-state index contributed by atoms with van der Waals surface area (Å²) in [6.07, 6.45) is 6.73. The zero-order valence-electron chi connectivity index (χ0n) is 10.8. The van der Waals surface area contributed by atoms with E-state index < -0.39 is 0 Å². The second kappa shape index (κ2) is 4.37. The number of hydrogen-bond acceptors (Lipinski definition) is 6. The lowest BCUT2D eigenvalue weighted by Gasteiger charge is -2.05. The van der Waals surface area contributed by atoms with Crippen molar-refractivity contribution in [2.45, 2.75) is 0 Å². The summed E-state index contributed by atoms with van der Waals surface area (Å²) in [4.78, 5) is 16.6. The van der Waals surface area contributed by atoms with Crippen molar-refractivity contribution in [3.05, 3.63) is 49.2 Å². The molecular formula is C13H10N8. The van der Waals surface area contributed by atoms with Crippen LogP contribution in [0.4, 0.5) is 5.95 Å². The number of rotatable bonds is 2. The normalized spacial score (nSPS) is 11.0. The van der Waals surface area contributed by atoms with Gasteiger partial charge in [-0.15, -0.1) is 0 Å². The van der Waals surface area contributed by atoms with Crippen LogP contribution in [0.25, 0.3) is 22.8 Å². The molecular weight excluding hydrogens is 268 g/mol. The number of hydrogen-bond donors (Lipinski definition) is 1. The zero-order chi connectivity index (χ0) is 14.2. The Bertz CT molecular complexity index is 909. The Morgan fingerprint density at radius 2 is 1.86 bits per heavy atom. The highest BCUT2D eigenvalue weighted by molar-refractivity contribution is 5.79. The van der Waals surface area contributed by atoms with Crippen molar-refractivity contribution in [1.82, 2.24) is 34.3 Å². The molecule has 3 aromatic heterocycles. The number of benzene rings is 1. The van der Waals surface area contributed by atoms with Crippen molar-refractivity contribution in [2.24, 2.45) is 0 Å². The van der Waals surface area contributed by atoms with E-state index in [0.717, 1.165) is 10.9 Å². The molecule has 102 valence electrons. The maximum atomic E-state index is 5.78. The Hall–Kier alpha value is -3.29. The van der Waals surface area contributed by atoms with Crippen molar-refractivity contribution in [3.63, 3.8) is 0 Å². The van der Waals surface area contributed by atoms with Gasteiger partial charge in [0.25, 0.3) is 5.95 Å². The third-order valence-electron chi connectivity index (χ3n) is 3.03. The van der Waals surface area contributed by atoms with Crippen LogP contribution < -0.4 is 5.73 Å². The summed E-state index contributed by atoms with van der Waals surface area (Å²) in [6.45, 7) is 0. The summed E-state index contributed by atoms with van der Waals surface area (Å²) in [7, 11) is 0. The van der Waals surface area contributed by atoms with Gasteiger partial charge in [-0.2, -0.15) is 24.7 Å². The summed E-state index contributed by atoms with van der Waals surface area (Å²) in [6, 6.07) is 7.80. The van der Waals surface area contributed by atoms with Crippen molar-refractivity contribution in [1.29, 1.82) is 0 Å². The van der Waals surface area contributed by atoms with Gasteiger partial charge in [0.05, 0.1) is 11.7 Å². The predicted molar refractivity (Wildman–Crippen MR) is 76.0 cm³/mol. The summed E-state index contributed by atoms with van der Waals surface area (Å²) in [5.74, 6) is 0.894. The van der Waals surface area contributed by atoms with Crippen LogP contribution in [0.5, 0.6) is 0 Å². The molecule has 0 saturated heterocycles. The van der Waals surface area contributed by atoms with Crippen LogP contribution in [-0.4, -0.2) is 34.3 Å². The van der Waals surface area contributed by atoms with Gasteiger partial charge >= 0.3 is 0 Å². The van der Waals surface area contributed by atoms with Crippen molar-refractivity contribution >= 4 is 16.9 Å². The van der Waals surface area contributed by atoms with E-state index in [0.29, 0.717) is 11.9 Å². The average molecular weight is 278 g/mol. The highest BCUT2D eigenvalue weighted by Crippen LogP contribution is 2.16. The number of para-hydroxylation sites is 1. The van der Waals surface area contributed by atoms with Crippen molar-refractivity contribution in [2.75, 3.05) is 5.73 Å². The van der Waals surface area contributed by atoms with Crippen LogP contribution in [0.2, 0.25) is 0 Å². The topological polar surface area (TPSA) is 100 Å². The number of nitrogen functional groups attached to an aromatic ring is 1. The van der Waals surface area contributed by atoms with Crippen LogP contribution in [0.3, 0.4) is 0 Å². The molecule has 4 aromatic rings. The highest BCUT2D eigenvalue weighted by atomic mass is 15.4. The Morgan fingerprint density at radius 3 is 2.71 bits per heavy atom. The van der Waals surface area contributed by atoms with Gasteiger partial charge in [0.2, 0.25) is 11.9 Å². The molecule has 0 fully saturated rings. The molecule has 2 N–H and O–H groups in total. The Morgan fingerprint density at radius 1 is 1.00 bits per heavy atom. The first-order valence-electron chi connectivity index (χ1n) is 6.24. The van der Waals surface area contributed by atoms with E-state index in [1.165, 1.54) is 0 Å². The van der Waals surface area contributed by atoms with E-state index >= 15 is 0 Å². The molecule has 0 radical (unpaired) electrons. The van der Waals surface area contributed by atoms with Gasteiger partial charge in [0, 0.05) is 17.8 Å². The summed E-state index contributed by atoms with van der Waals surface area (Å²) < 4.78 is 3.29. The molecule has 3 heterocycles. The van der Waals surface area contributed by atoms with Crippen molar-refractivity contribution < 1.29 is 0 Å². The minimum Gasteiger partial charge on any atom is -0.368 e. The molecule has 8 nitrogen and oxygen atoms in total. The average Bonchev–Trinajstić information content (AvgIpc) is 3.16. The lowest BCUT2D eigenvalue weighted by Crippen LogP contribution is -2.11. The lowest BCUT2D eigenvalue weighted by molar-refractivity contribution is 0.796. The van der Waals surface area contributed by atoms with E-state index in [-0.39, 0.29) is 5.95 Å². The quantitative estimate of drug-likeness (QED) is 0.586. The first kappa shape index (κ1) is 11.5. The first-order chi connectivity index (χ1) is 10.3. The summed E-state index contributed by atoms with van der Waals surface area (Å²) in [5.41, 5.74) is 6.68. The Kier molecular flexibility index (Phi) is 2.40. The molecule has 0 unspecified atom stereocenters. The smallest absolute Gasteiger partial charge is 0.257 e. The van der Waals surface area contributed by atoms with E-state index in [1.54, 1.807) is 34.2 Å². The first-order valence-corrected chi connectivity index (χ1v) is 6.24. The maximum Gasteiger partial charge on any atom is 0.257 e. The number of imidazole rings is 1. The molecule has 4 rings (SSSR count). The molecule has 0 spiro atoms. The number of fused-ring (bicyclic) bond motifs is 1. The minimum atomic E-state index is 0.128. The fourth-order valence-electron chi connectivity index (χ4n) is 2.09. The van der Waals surface area contributed by atoms with Gasteiger partial charge in [0.1, 0.15) is 6.33 Å². The second-order valence-corrected chi connectivity index (χ2v) is 4.38. The SMILES string of the molecule is Nc1nc(-n2ccnc2)nc(-n2ncc3ccccc32)n1. The molecule has 0 bridgehead atoms. The largest absolute Gasteiger partial charge is 0.368 e. The molecule has 0 atom stereocenters. The van der Waals surface area contributed by atoms with Crippen molar-refractivity contribution in [3.8, 4) is 11.9 Å². The van der Waals surface area contributed by atoms with E-state index in [2.05, 4.69) is 25.0 Å². The maximum absolute atomic E-state index is 5.78. The van der Waals surface area contributed by atoms with Gasteiger partial charge in [-0.05, 0) is 6.07 Å². The van der Waals surface area contributed by atoms with Crippen LogP contribution >= 0.6 is 0 Å². The van der Waals surface area contributed by atoms with E-state index in [9.17, 15) is 0 Å². The molecule has 0 saturated carbocycles. The third-order valence-corrected chi connectivity index (χ3v) is 3.03. The van der Waals surface area contributed by atoms with Gasteiger partial charge in [-0.3, -0.25) is 4.57 Å². The standard InChI is InChI=1S/C13H10N8/c14-11-17-12(20-6-5-15-8-20)19-13(18-11)21-10-4-2-1-3-9(10)7-16-21/h1-8H,(H2,14,17,18,19). The Labute approximate surface area is 118 Å². The number of nitrogens with two attached hydrogens (primary N) is 1. The van der Waals surface area contributed by atoms with Gasteiger partial charge in [-0.25, -0.2) is 4.98 Å². The number of nitrogens with zero attached hydrogens (tertiary/aromatic N) is 7. The van der Waals surface area contributed by atoms with Gasteiger partial charge in [0.15, 0.2) is 0 Å². The van der Waals surface area contributed by atoms with Crippen LogP contribution in [0.1, 0.15) is 0 Å². The fourth-order valence-corrected chi connectivity index (χ4v) is 2.09. The van der Waals surface area contributed by atoms with Crippen LogP contribution in [-0.2, 0) is 0 Å². The zero-order valence-corrected chi connectivity index (χ0v) is 10.8. The Balaban J connectivity index is 1.93. The van der Waals surface area contributed by atoms with Gasteiger partial charge < -0.3 is 5.73 Å². The predicted octanol–water partition coefficient (Wildman–Crippen LogP) is 0.978. The van der Waals surface area contributed by atoms with Crippen LogP contribution in [0.15, 0.2) is 49.2 Å². The molecule has 21 heavy (non-hydrogen) atoms. The molecule has 0 aliphatic carbocycles. The summed E-state index contributed by atoms with van der Waals surface area (Å²) >= 11 is 0. The van der Waals surface area contributed by atoms with Gasteiger partial charge in [-0.1, -0.05) is 18.2 Å². The molecule has 0 aliphatic rings. The van der Waals surface area contributed by atoms with E-state index in [4.69, 9.17) is 5.73 Å². The second-order valence-electron chi connectivity index (χ2n) is 4.38. The van der Waals surface area contributed by atoms with Crippen LogP contribution in [0, 0.1) is 0 Å². The fraction of sp³-hybridized carbons (Fsp3) is 0. The molecule has 1 aromatic carbocycles. The summed E-state index contributed by atoms with van der Waals surface area (Å²) in [5, 5.41) is 5.31. The monoisotopic (exact) mass is 278 g/mol. The molecule has 0 amide bonds. The highest BCUT2D eigenvalue weighted by Gasteiger charge is 2.11. The molecule has 0 aliphatic heterocycles. The third kappa shape index (κ3) is 1.89. The number of anilines is 1. The molecule has 8 heteroatoms. The number of aromatic nitrogens is 7. The minimum absolute atomic E-state index is 0.128.